The molecule has 3 rings (SSSR count). The Kier molecular flexibility index (Phi) is 9.20. The first-order valence-corrected chi connectivity index (χ1v) is 14.2. The lowest BCUT2D eigenvalue weighted by atomic mass is 9.71. The SMILES string of the molecule is CCc1cccc(N=NC(=C2C=C(C(C)(C)C)C(=O)C(C(C)(C)C)=C2)/C(=C/c2ccccc2)SC)c1Cl. The molecule has 2 aromatic carbocycles. The molecule has 2 aromatic rings. The van der Waals surface area contributed by atoms with Gasteiger partial charge in [0.05, 0.1) is 5.02 Å². The summed E-state index contributed by atoms with van der Waals surface area (Å²) in [5.41, 5.74) is 5.22. The first kappa shape index (κ1) is 28.9. The first-order chi connectivity index (χ1) is 17.4. The molecule has 0 spiro atoms. The fourth-order valence-electron chi connectivity index (χ4n) is 4.07. The molecule has 3 nitrogen and oxygen atoms in total. The smallest absolute Gasteiger partial charge is 0.186 e. The molecule has 0 unspecified atom stereocenters. The van der Waals surface area contributed by atoms with Crippen LogP contribution in [0.25, 0.3) is 6.08 Å². The van der Waals surface area contributed by atoms with E-state index in [9.17, 15) is 4.79 Å². The third-order valence-corrected chi connectivity index (χ3v) is 7.41. The monoisotopic (exact) mass is 532 g/mol. The van der Waals surface area contributed by atoms with Crippen molar-refractivity contribution in [1.82, 2.24) is 0 Å². The van der Waals surface area contributed by atoms with Gasteiger partial charge in [-0.2, -0.15) is 0 Å². The molecule has 0 heterocycles. The van der Waals surface area contributed by atoms with Crippen LogP contribution >= 0.6 is 23.4 Å². The zero-order valence-electron chi connectivity index (χ0n) is 23.1. The Morgan fingerprint density at radius 2 is 1.51 bits per heavy atom. The van der Waals surface area contributed by atoms with Crippen molar-refractivity contribution in [2.24, 2.45) is 21.1 Å². The van der Waals surface area contributed by atoms with Crippen molar-refractivity contribution in [3.05, 3.63) is 104 Å². The second-order valence-electron chi connectivity index (χ2n) is 11.2. The number of rotatable bonds is 6. The third-order valence-electron chi connectivity index (χ3n) is 6.23. The number of benzene rings is 2. The fourth-order valence-corrected chi connectivity index (χ4v) is 4.98. The molecule has 0 saturated carbocycles. The minimum atomic E-state index is -0.323. The quantitative estimate of drug-likeness (QED) is 0.347. The predicted octanol–water partition coefficient (Wildman–Crippen LogP) is 10.2. The van der Waals surface area contributed by atoms with Crippen molar-refractivity contribution in [2.75, 3.05) is 6.26 Å². The van der Waals surface area contributed by atoms with E-state index in [-0.39, 0.29) is 16.6 Å². The molecule has 0 aromatic heterocycles. The molecule has 0 atom stereocenters. The number of halogens is 1. The molecule has 0 bridgehead atoms. The summed E-state index contributed by atoms with van der Waals surface area (Å²) in [6.45, 7) is 14.5. The van der Waals surface area contributed by atoms with Gasteiger partial charge >= 0.3 is 0 Å². The van der Waals surface area contributed by atoms with Crippen LogP contribution in [0.2, 0.25) is 5.02 Å². The predicted molar refractivity (Wildman–Crippen MR) is 160 cm³/mol. The van der Waals surface area contributed by atoms with Crippen molar-refractivity contribution < 1.29 is 4.79 Å². The number of carbonyl (C=O) groups excluding carboxylic acids is 1. The zero-order valence-corrected chi connectivity index (χ0v) is 24.7. The highest BCUT2D eigenvalue weighted by atomic mass is 35.5. The Labute approximate surface area is 231 Å². The summed E-state index contributed by atoms with van der Waals surface area (Å²) in [5, 5.41) is 10.1. The number of ketones is 1. The number of Topliss-reactive ketones (excluding diaryl/α,β-unsaturated/α-hetero) is 1. The molecule has 1 aliphatic carbocycles. The van der Waals surface area contributed by atoms with Gasteiger partial charge in [-0.1, -0.05) is 103 Å². The molecule has 37 heavy (non-hydrogen) atoms. The number of nitrogens with zero attached hydrogens (tertiary/aromatic N) is 2. The zero-order chi connectivity index (χ0) is 27.4. The van der Waals surface area contributed by atoms with E-state index in [0.717, 1.165) is 39.2 Å². The lowest BCUT2D eigenvalue weighted by Gasteiger charge is -2.31. The normalized spacial score (nSPS) is 15.2. The van der Waals surface area contributed by atoms with Gasteiger partial charge in [-0.05, 0) is 58.9 Å². The standard InChI is InChI=1S/C32H37ClN2OS/c1-9-22-16-13-17-26(28(22)33)34-35-29(27(37-8)18-21-14-11-10-12-15-21)23-19-24(31(2,3)4)30(36)25(20-23)32(5,6)7/h10-20H,9H2,1-8H3/b27-18-,35-34?. The Hall–Kier alpha value is -2.69. The maximum absolute atomic E-state index is 13.6. The van der Waals surface area contributed by atoms with Crippen molar-refractivity contribution in [3.8, 4) is 0 Å². The van der Waals surface area contributed by atoms with E-state index in [1.165, 1.54) is 0 Å². The van der Waals surface area contributed by atoms with Crippen LogP contribution in [0.3, 0.4) is 0 Å². The molecule has 0 fully saturated rings. The summed E-state index contributed by atoms with van der Waals surface area (Å²) < 4.78 is 0. The molecule has 5 heteroatoms. The number of aryl methyl sites for hydroxylation is 1. The summed E-state index contributed by atoms with van der Waals surface area (Å²) in [7, 11) is 0. The summed E-state index contributed by atoms with van der Waals surface area (Å²) in [6, 6.07) is 16.0. The Bertz CT molecular complexity index is 1280. The molecule has 0 aliphatic heterocycles. The van der Waals surface area contributed by atoms with E-state index < -0.39 is 0 Å². The highest BCUT2D eigenvalue weighted by molar-refractivity contribution is 8.02. The number of hydrogen-bond acceptors (Lipinski definition) is 4. The van der Waals surface area contributed by atoms with Gasteiger partial charge in [-0.3, -0.25) is 4.79 Å². The van der Waals surface area contributed by atoms with Crippen LogP contribution in [0.15, 0.2) is 98.2 Å². The van der Waals surface area contributed by atoms with Gasteiger partial charge in [-0.25, -0.2) is 0 Å². The molecule has 1 aliphatic rings. The largest absolute Gasteiger partial charge is 0.289 e. The number of thioether (sulfide) groups is 1. The average Bonchev–Trinajstić information content (AvgIpc) is 2.84. The maximum Gasteiger partial charge on any atom is 0.186 e. The van der Waals surface area contributed by atoms with Crippen molar-refractivity contribution in [3.63, 3.8) is 0 Å². The van der Waals surface area contributed by atoms with Crippen molar-refractivity contribution >= 4 is 40.9 Å². The summed E-state index contributed by atoms with van der Waals surface area (Å²) in [5.74, 6) is 0.0940. The Morgan fingerprint density at radius 1 is 0.919 bits per heavy atom. The minimum absolute atomic E-state index is 0.0940. The van der Waals surface area contributed by atoms with Crippen LogP contribution in [0.4, 0.5) is 5.69 Å². The second kappa shape index (κ2) is 11.8. The number of allylic oxidation sites excluding steroid dienone is 5. The van der Waals surface area contributed by atoms with Crippen LogP contribution < -0.4 is 0 Å². The van der Waals surface area contributed by atoms with E-state index in [1.54, 1.807) is 11.8 Å². The second-order valence-corrected chi connectivity index (χ2v) is 12.4. The molecular formula is C32H37ClN2OS. The van der Waals surface area contributed by atoms with Gasteiger partial charge < -0.3 is 0 Å². The van der Waals surface area contributed by atoms with Gasteiger partial charge in [0.25, 0.3) is 0 Å². The number of azo groups is 1. The number of hydrogen-bond donors (Lipinski definition) is 0. The lowest BCUT2D eigenvalue weighted by molar-refractivity contribution is -0.114. The topological polar surface area (TPSA) is 41.8 Å². The van der Waals surface area contributed by atoms with E-state index in [4.69, 9.17) is 16.7 Å². The highest BCUT2D eigenvalue weighted by Crippen LogP contribution is 2.42. The summed E-state index contributed by atoms with van der Waals surface area (Å²) in [6.07, 6.45) is 8.95. The summed E-state index contributed by atoms with van der Waals surface area (Å²) in [4.78, 5) is 14.5. The van der Waals surface area contributed by atoms with Gasteiger partial charge in [0.2, 0.25) is 0 Å². The maximum atomic E-state index is 13.6. The number of carbonyl (C=O) groups is 1. The minimum Gasteiger partial charge on any atom is -0.289 e. The molecule has 0 amide bonds. The van der Waals surface area contributed by atoms with Crippen molar-refractivity contribution in [2.45, 2.75) is 54.9 Å². The van der Waals surface area contributed by atoms with E-state index >= 15 is 0 Å². The fraction of sp³-hybridized carbons (Fsp3) is 0.344. The van der Waals surface area contributed by atoms with Crippen LogP contribution in [-0.2, 0) is 11.2 Å². The lowest BCUT2D eigenvalue weighted by Crippen LogP contribution is -2.28. The van der Waals surface area contributed by atoms with Gasteiger partial charge in [0.15, 0.2) is 5.78 Å². The summed E-state index contributed by atoms with van der Waals surface area (Å²) >= 11 is 8.25. The Balaban J connectivity index is 2.34. The Morgan fingerprint density at radius 3 is 2.03 bits per heavy atom. The van der Waals surface area contributed by atoms with Crippen LogP contribution in [0.1, 0.15) is 59.6 Å². The average molecular weight is 533 g/mol. The molecule has 0 N–H and O–H groups in total. The molecule has 0 saturated heterocycles. The van der Waals surface area contributed by atoms with Crippen LogP contribution in [-0.4, -0.2) is 12.0 Å². The van der Waals surface area contributed by atoms with E-state index in [1.807, 2.05) is 54.8 Å². The first-order valence-electron chi connectivity index (χ1n) is 12.6. The van der Waals surface area contributed by atoms with Gasteiger partial charge in [0.1, 0.15) is 11.4 Å². The van der Waals surface area contributed by atoms with Crippen LogP contribution in [0.5, 0.6) is 0 Å². The molecule has 194 valence electrons. The van der Waals surface area contributed by atoms with Gasteiger partial charge in [0, 0.05) is 21.6 Å². The van der Waals surface area contributed by atoms with Crippen molar-refractivity contribution in [1.29, 1.82) is 0 Å². The molecule has 0 radical (unpaired) electrons. The highest BCUT2D eigenvalue weighted by Gasteiger charge is 2.35. The van der Waals surface area contributed by atoms with E-state index in [2.05, 4.69) is 71.8 Å². The third kappa shape index (κ3) is 7.00. The van der Waals surface area contributed by atoms with E-state index in [0.29, 0.717) is 16.4 Å². The molecular weight excluding hydrogens is 496 g/mol. The van der Waals surface area contributed by atoms with Gasteiger partial charge in [-0.15, -0.1) is 22.0 Å². The van der Waals surface area contributed by atoms with Crippen LogP contribution in [0, 0.1) is 10.8 Å².